The highest BCUT2D eigenvalue weighted by Crippen LogP contribution is 2.04. The maximum Gasteiger partial charge on any atom is 0.231 e. The Morgan fingerprint density at radius 1 is 0.900 bits per heavy atom. The van der Waals surface area contributed by atoms with Crippen LogP contribution >= 0.6 is 0 Å². The van der Waals surface area contributed by atoms with E-state index < -0.39 is 0 Å². The predicted molar refractivity (Wildman–Crippen MR) is 83.5 cm³/mol. The molecule has 0 atom stereocenters. The van der Waals surface area contributed by atoms with E-state index in [0.29, 0.717) is 6.54 Å². The van der Waals surface area contributed by atoms with Crippen LogP contribution < -0.4 is 5.32 Å². The highest BCUT2D eigenvalue weighted by Gasteiger charge is 2.12. The zero-order chi connectivity index (χ0) is 15.2. The van der Waals surface area contributed by atoms with Crippen LogP contribution in [-0.2, 0) is 9.59 Å². The second kappa shape index (κ2) is 12.9. The molecule has 0 rings (SSSR count). The van der Waals surface area contributed by atoms with Crippen LogP contribution in [0.15, 0.2) is 0 Å². The van der Waals surface area contributed by atoms with Crippen LogP contribution in [0.2, 0.25) is 0 Å². The first-order valence-electron chi connectivity index (χ1n) is 8.12. The molecule has 0 aliphatic rings. The van der Waals surface area contributed by atoms with E-state index in [1.54, 1.807) is 11.9 Å². The summed E-state index contributed by atoms with van der Waals surface area (Å²) < 4.78 is 0. The van der Waals surface area contributed by atoms with Crippen LogP contribution in [0.25, 0.3) is 0 Å². The lowest BCUT2D eigenvalue weighted by Gasteiger charge is -2.16. The Morgan fingerprint density at radius 2 is 1.50 bits per heavy atom. The minimum Gasteiger partial charge on any atom is -0.356 e. The van der Waals surface area contributed by atoms with Crippen molar-refractivity contribution in [3.05, 3.63) is 0 Å². The van der Waals surface area contributed by atoms with E-state index in [1.807, 2.05) is 0 Å². The Morgan fingerprint density at radius 3 is 2.15 bits per heavy atom. The first-order valence-corrected chi connectivity index (χ1v) is 8.12. The van der Waals surface area contributed by atoms with Crippen LogP contribution in [0, 0.1) is 0 Å². The molecule has 0 aromatic heterocycles. The summed E-state index contributed by atoms with van der Waals surface area (Å²) in [5, 5.41) is 2.80. The summed E-state index contributed by atoms with van der Waals surface area (Å²) in [5.74, 6) is -0.225. The molecule has 0 aliphatic carbocycles. The summed E-state index contributed by atoms with van der Waals surface area (Å²) in [6.45, 7) is 5.75. The molecule has 4 nitrogen and oxygen atoms in total. The smallest absolute Gasteiger partial charge is 0.231 e. The lowest BCUT2D eigenvalue weighted by atomic mass is 10.1. The SMILES string of the molecule is CCCCCCCN(C)C(=O)CC(=O)NCCCCC. The second-order valence-corrected chi connectivity index (χ2v) is 5.46. The summed E-state index contributed by atoms with van der Waals surface area (Å²) in [6.07, 6.45) is 9.14. The van der Waals surface area contributed by atoms with Gasteiger partial charge in [-0.25, -0.2) is 0 Å². The highest BCUT2D eigenvalue weighted by atomic mass is 16.2. The first kappa shape index (κ1) is 18.9. The molecule has 0 aliphatic heterocycles. The monoisotopic (exact) mass is 284 g/mol. The Bertz CT molecular complexity index is 267. The minimum absolute atomic E-state index is 0.0163. The van der Waals surface area contributed by atoms with Crippen LogP contribution in [0.5, 0.6) is 0 Å². The van der Waals surface area contributed by atoms with Gasteiger partial charge in [0.25, 0.3) is 0 Å². The van der Waals surface area contributed by atoms with E-state index >= 15 is 0 Å². The average Bonchev–Trinajstić information content (AvgIpc) is 2.43. The van der Waals surface area contributed by atoms with E-state index in [2.05, 4.69) is 19.2 Å². The molecule has 2 amide bonds. The van der Waals surface area contributed by atoms with Gasteiger partial charge in [-0.3, -0.25) is 9.59 Å². The molecule has 0 bridgehead atoms. The van der Waals surface area contributed by atoms with Crippen LogP contribution in [0.1, 0.15) is 71.6 Å². The maximum absolute atomic E-state index is 11.8. The van der Waals surface area contributed by atoms with Gasteiger partial charge in [0.15, 0.2) is 0 Å². The van der Waals surface area contributed by atoms with Crippen molar-refractivity contribution in [2.75, 3.05) is 20.1 Å². The van der Waals surface area contributed by atoms with Gasteiger partial charge in [0.2, 0.25) is 11.8 Å². The van der Waals surface area contributed by atoms with Gasteiger partial charge in [-0.1, -0.05) is 52.4 Å². The number of hydrogen-bond acceptors (Lipinski definition) is 2. The molecule has 0 saturated carbocycles. The van der Waals surface area contributed by atoms with E-state index in [0.717, 1.165) is 38.6 Å². The maximum atomic E-state index is 11.8. The number of unbranched alkanes of at least 4 members (excludes halogenated alkanes) is 6. The standard InChI is InChI=1S/C16H32N2O2/c1-4-6-8-9-11-13-18(3)16(20)14-15(19)17-12-10-7-5-2/h4-14H2,1-3H3,(H,17,19). The molecule has 0 aromatic carbocycles. The molecule has 20 heavy (non-hydrogen) atoms. The number of hydrogen-bond donors (Lipinski definition) is 1. The van der Waals surface area contributed by atoms with Crippen molar-refractivity contribution >= 4 is 11.8 Å². The van der Waals surface area contributed by atoms with Crippen molar-refractivity contribution in [3.8, 4) is 0 Å². The average molecular weight is 284 g/mol. The van der Waals surface area contributed by atoms with E-state index in [1.165, 1.54) is 19.3 Å². The number of rotatable bonds is 12. The zero-order valence-corrected chi connectivity index (χ0v) is 13.5. The largest absolute Gasteiger partial charge is 0.356 e. The number of carbonyl (C=O) groups excluding carboxylic acids is 2. The summed E-state index contributed by atoms with van der Waals surface area (Å²) in [4.78, 5) is 25.1. The molecule has 1 N–H and O–H groups in total. The molecule has 4 heteroatoms. The van der Waals surface area contributed by atoms with Crippen molar-refractivity contribution in [3.63, 3.8) is 0 Å². The topological polar surface area (TPSA) is 49.4 Å². The van der Waals surface area contributed by atoms with Crippen molar-refractivity contribution in [2.24, 2.45) is 0 Å². The Labute approximate surface area is 124 Å². The molecule has 0 saturated heterocycles. The predicted octanol–water partition coefficient (Wildman–Crippen LogP) is 3.11. The quantitative estimate of drug-likeness (QED) is 0.442. The van der Waals surface area contributed by atoms with Crippen molar-refractivity contribution < 1.29 is 9.59 Å². The van der Waals surface area contributed by atoms with Crippen molar-refractivity contribution in [1.29, 1.82) is 0 Å². The summed E-state index contributed by atoms with van der Waals surface area (Å²) >= 11 is 0. The van der Waals surface area contributed by atoms with Gasteiger partial charge in [0.05, 0.1) is 0 Å². The van der Waals surface area contributed by atoms with Crippen molar-refractivity contribution in [2.45, 2.75) is 71.6 Å². The molecular weight excluding hydrogens is 252 g/mol. The van der Waals surface area contributed by atoms with Gasteiger partial charge >= 0.3 is 0 Å². The minimum atomic E-state index is -0.149. The molecule has 0 spiro atoms. The first-order chi connectivity index (χ1) is 9.61. The molecule has 0 fully saturated rings. The summed E-state index contributed by atoms with van der Waals surface area (Å²) in [7, 11) is 1.78. The third kappa shape index (κ3) is 10.8. The molecule has 118 valence electrons. The lowest BCUT2D eigenvalue weighted by molar-refractivity contribution is -0.135. The van der Waals surface area contributed by atoms with Gasteiger partial charge in [-0.05, 0) is 12.8 Å². The number of carbonyl (C=O) groups is 2. The van der Waals surface area contributed by atoms with Gasteiger partial charge in [-0.15, -0.1) is 0 Å². The second-order valence-electron chi connectivity index (χ2n) is 5.46. The normalized spacial score (nSPS) is 10.3. The molecule has 0 heterocycles. The van der Waals surface area contributed by atoms with E-state index in [-0.39, 0.29) is 18.2 Å². The summed E-state index contributed by atoms with van der Waals surface area (Å²) in [6, 6.07) is 0. The Hall–Kier alpha value is -1.06. The highest BCUT2D eigenvalue weighted by molar-refractivity contribution is 5.96. The van der Waals surface area contributed by atoms with Crippen molar-refractivity contribution in [1.82, 2.24) is 10.2 Å². The Balaban J connectivity index is 3.64. The fourth-order valence-corrected chi connectivity index (χ4v) is 2.01. The van der Waals surface area contributed by atoms with Crippen LogP contribution in [-0.4, -0.2) is 36.9 Å². The van der Waals surface area contributed by atoms with E-state index in [4.69, 9.17) is 0 Å². The lowest BCUT2D eigenvalue weighted by Crippen LogP contribution is -2.34. The van der Waals surface area contributed by atoms with Gasteiger partial charge in [-0.2, -0.15) is 0 Å². The Kier molecular flexibility index (Phi) is 12.3. The van der Waals surface area contributed by atoms with Gasteiger partial charge in [0.1, 0.15) is 6.42 Å². The third-order valence-electron chi connectivity index (χ3n) is 3.44. The number of nitrogens with zero attached hydrogens (tertiary/aromatic N) is 1. The van der Waals surface area contributed by atoms with Crippen LogP contribution in [0.3, 0.4) is 0 Å². The fraction of sp³-hybridized carbons (Fsp3) is 0.875. The molecule has 0 radical (unpaired) electrons. The van der Waals surface area contributed by atoms with Crippen LogP contribution in [0.4, 0.5) is 0 Å². The summed E-state index contributed by atoms with van der Waals surface area (Å²) in [5.41, 5.74) is 0. The zero-order valence-electron chi connectivity index (χ0n) is 13.5. The fourth-order valence-electron chi connectivity index (χ4n) is 2.01. The molecule has 0 aromatic rings. The third-order valence-corrected chi connectivity index (χ3v) is 3.44. The van der Waals surface area contributed by atoms with Gasteiger partial charge in [0, 0.05) is 20.1 Å². The van der Waals surface area contributed by atoms with Gasteiger partial charge < -0.3 is 10.2 Å². The molecular formula is C16H32N2O2. The number of nitrogens with one attached hydrogen (secondary N) is 1. The number of amides is 2. The molecule has 0 unspecified atom stereocenters. The van der Waals surface area contributed by atoms with E-state index in [9.17, 15) is 9.59 Å².